The normalized spacial score (nSPS) is 13.1. The van der Waals surface area contributed by atoms with Crippen LogP contribution >= 0.6 is 34.3 Å². The molecule has 0 radical (unpaired) electrons. The number of rotatable bonds is 2. The number of alkyl halides is 1. The molecule has 3 nitrogen and oxygen atoms in total. The summed E-state index contributed by atoms with van der Waals surface area (Å²) in [7, 11) is 0. The van der Waals surface area contributed by atoms with Crippen molar-refractivity contribution in [2.75, 3.05) is 0 Å². The molecule has 0 fully saturated rings. The second kappa shape index (κ2) is 3.92. The summed E-state index contributed by atoms with van der Waals surface area (Å²) < 4.78 is 0. The van der Waals surface area contributed by atoms with Gasteiger partial charge in [-0.1, -0.05) is 11.3 Å². The number of thiazole rings is 1. The van der Waals surface area contributed by atoms with Gasteiger partial charge in [0, 0.05) is 5.38 Å². The minimum atomic E-state index is -0.0824. The molecule has 0 aromatic carbocycles. The summed E-state index contributed by atoms with van der Waals surface area (Å²) in [6.07, 6.45) is 0. The van der Waals surface area contributed by atoms with Crippen LogP contribution in [0.4, 0.5) is 0 Å². The summed E-state index contributed by atoms with van der Waals surface area (Å²) in [6, 6.07) is 0. The van der Waals surface area contributed by atoms with Gasteiger partial charge in [0.25, 0.3) is 0 Å². The smallest absolute Gasteiger partial charge is 0.167 e. The van der Waals surface area contributed by atoms with Crippen molar-refractivity contribution in [2.24, 2.45) is 0 Å². The molecule has 2 rings (SSSR count). The highest BCUT2D eigenvalue weighted by molar-refractivity contribution is 7.15. The van der Waals surface area contributed by atoms with E-state index in [-0.39, 0.29) is 5.38 Å². The van der Waals surface area contributed by atoms with E-state index in [2.05, 4.69) is 15.2 Å². The molecule has 0 aliphatic rings. The Morgan fingerprint density at radius 3 is 2.71 bits per heavy atom. The Labute approximate surface area is 94.8 Å². The first-order valence-corrected chi connectivity index (χ1v) is 6.20. The van der Waals surface area contributed by atoms with Gasteiger partial charge in [-0.2, -0.15) is 0 Å². The molecule has 2 aromatic heterocycles. The minimum absolute atomic E-state index is 0.0824. The van der Waals surface area contributed by atoms with Crippen LogP contribution in [0.2, 0.25) is 0 Å². The summed E-state index contributed by atoms with van der Waals surface area (Å²) in [6.45, 7) is 3.86. The lowest BCUT2D eigenvalue weighted by Crippen LogP contribution is -1.80. The van der Waals surface area contributed by atoms with Crippen LogP contribution in [0, 0.1) is 6.92 Å². The van der Waals surface area contributed by atoms with Crippen molar-refractivity contribution in [2.45, 2.75) is 19.2 Å². The van der Waals surface area contributed by atoms with Gasteiger partial charge in [0.1, 0.15) is 10.7 Å². The summed E-state index contributed by atoms with van der Waals surface area (Å²) in [5, 5.41) is 12.7. The molecule has 0 aliphatic carbocycles. The fraction of sp³-hybridized carbons (Fsp3) is 0.375. The van der Waals surface area contributed by atoms with E-state index in [9.17, 15) is 0 Å². The van der Waals surface area contributed by atoms with E-state index in [1.54, 1.807) is 11.3 Å². The lowest BCUT2D eigenvalue weighted by Gasteiger charge is -1.90. The van der Waals surface area contributed by atoms with E-state index in [1.165, 1.54) is 11.3 Å². The third-order valence-electron chi connectivity index (χ3n) is 1.62. The van der Waals surface area contributed by atoms with Crippen LogP contribution < -0.4 is 0 Å². The highest BCUT2D eigenvalue weighted by Crippen LogP contribution is 2.29. The molecular formula is C8H8ClN3S2. The summed E-state index contributed by atoms with van der Waals surface area (Å²) in [4.78, 5) is 4.34. The first kappa shape index (κ1) is 10.0. The van der Waals surface area contributed by atoms with Gasteiger partial charge in [-0.25, -0.2) is 4.98 Å². The van der Waals surface area contributed by atoms with Crippen LogP contribution in [0.1, 0.15) is 22.3 Å². The van der Waals surface area contributed by atoms with Crippen LogP contribution in [0.25, 0.3) is 10.7 Å². The second-order valence-electron chi connectivity index (χ2n) is 2.81. The molecule has 0 bridgehead atoms. The number of aryl methyl sites for hydroxylation is 1. The Kier molecular flexibility index (Phi) is 2.80. The summed E-state index contributed by atoms with van der Waals surface area (Å²) >= 11 is 9.01. The zero-order chi connectivity index (χ0) is 10.1. The fourth-order valence-electron chi connectivity index (χ4n) is 0.960. The molecule has 0 N–H and O–H groups in total. The topological polar surface area (TPSA) is 38.7 Å². The van der Waals surface area contributed by atoms with Gasteiger partial charge in [-0.05, 0) is 13.8 Å². The molecule has 0 spiro atoms. The monoisotopic (exact) mass is 245 g/mol. The molecule has 14 heavy (non-hydrogen) atoms. The maximum Gasteiger partial charge on any atom is 0.167 e. The Bertz CT molecular complexity index is 435. The van der Waals surface area contributed by atoms with E-state index >= 15 is 0 Å². The number of halogens is 1. The average molecular weight is 246 g/mol. The van der Waals surface area contributed by atoms with E-state index in [1.807, 2.05) is 19.2 Å². The van der Waals surface area contributed by atoms with Gasteiger partial charge in [0.2, 0.25) is 0 Å². The zero-order valence-electron chi connectivity index (χ0n) is 7.69. The Morgan fingerprint density at radius 1 is 1.43 bits per heavy atom. The molecule has 1 unspecified atom stereocenters. The highest BCUT2D eigenvalue weighted by atomic mass is 35.5. The predicted molar refractivity (Wildman–Crippen MR) is 60.0 cm³/mol. The van der Waals surface area contributed by atoms with Gasteiger partial charge in [-0.15, -0.1) is 33.1 Å². The highest BCUT2D eigenvalue weighted by Gasteiger charge is 2.12. The van der Waals surface area contributed by atoms with Gasteiger partial charge in [-0.3, -0.25) is 0 Å². The fourth-order valence-corrected chi connectivity index (χ4v) is 2.54. The third kappa shape index (κ3) is 1.94. The van der Waals surface area contributed by atoms with Crippen LogP contribution in [-0.2, 0) is 0 Å². The van der Waals surface area contributed by atoms with Crippen LogP contribution in [0.3, 0.4) is 0 Å². The van der Waals surface area contributed by atoms with Crippen molar-refractivity contribution < 1.29 is 0 Å². The van der Waals surface area contributed by atoms with Gasteiger partial charge >= 0.3 is 0 Å². The van der Waals surface area contributed by atoms with Crippen LogP contribution in [-0.4, -0.2) is 15.2 Å². The Morgan fingerprint density at radius 2 is 2.21 bits per heavy atom. The minimum Gasteiger partial charge on any atom is -0.239 e. The van der Waals surface area contributed by atoms with Crippen molar-refractivity contribution in [3.05, 3.63) is 15.4 Å². The number of nitrogens with zero attached hydrogens (tertiary/aromatic N) is 3. The molecule has 0 saturated carbocycles. The van der Waals surface area contributed by atoms with Gasteiger partial charge < -0.3 is 0 Å². The Balaban J connectivity index is 2.33. The number of hydrogen-bond acceptors (Lipinski definition) is 5. The first-order chi connectivity index (χ1) is 6.66. The molecular weight excluding hydrogens is 238 g/mol. The van der Waals surface area contributed by atoms with E-state index in [0.29, 0.717) is 0 Å². The summed E-state index contributed by atoms with van der Waals surface area (Å²) in [5.41, 5.74) is 0.897. The first-order valence-electron chi connectivity index (χ1n) is 4.07. The largest absolute Gasteiger partial charge is 0.239 e. The maximum absolute atomic E-state index is 5.90. The van der Waals surface area contributed by atoms with Crippen molar-refractivity contribution in [1.29, 1.82) is 0 Å². The molecule has 1 atom stereocenters. The lowest BCUT2D eigenvalue weighted by molar-refractivity contribution is 0.961. The van der Waals surface area contributed by atoms with E-state index in [4.69, 9.17) is 11.6 Å². The van der Waals surface area contributed by atoms with E-state index < -0.39 is 0 Å². The predicted octanol–water partition coefficient (Wildman–Crippen LogP) is 3.27. The molecule has 2 heterocycles. The zero-order valence-corrected chi connectivity index (χ0v) is 10.1. The molecule has 2 aromatic rings. The number of aromatic nitrogens is 3. The van der Waals surface area contributed by atoms with Crippen molar-refractivity contribution >= 4 is 34.3 Å². The van der Waals surface area contributed by atoms with E-state index in [0.717, 1.165) is 20.7 Å². The van der Waals surface area contributed by atoms with Gasteiger partial charge in [0.05, 0.1) is 10.4 Å². The standard InChI is InChI=1S/C8H8ClN3S2/c1-4(9)7-11-12-8(14-7)6-3-13-5(2)10-6/h3-4H,1-2H3. The molecule has 0 aliphatic heterocycles. The molecule has 6 heteroatoms. The number of hydrogen-bond donors (Lipinski definition) is 0. The lowest BCUT2D eigenvalue weighted by atomic mass is 10.5. The van der Waals surface area contributed by atoms with Crippen molar-refractivity contribution in [1.82, 2.24) is 15.2 Å². The van der Waals surface area contributed by atoms with Crippen LogP contribution in [0.15, 0.2) is 5.38 Å². The molecule has 74 valence electrons. The Hall–Kier alpha value is -0.520. The van der Waals surface area contributed by atoms with Crippen LogP contribution in [0.5, 0.6) is 0 Å². The average Bonchev–Trinajstić information content (AvgIpc) is 2.70. The van der Waals surface area contributed by atoms with Crippen molar-refractivity contribution in [3.63, 3.8) is 0 Å². The second-order valence-corrected chi connectivity index (χ2v) is 5.54. The molecule has 0 amide bonds. The SMILES string of the molecule is Cc1nc(-c2nnc(C(C)Cl)s2)cs1. The van der Waals surface area contributed by atoms with Gasteiger partial charge in [0.15, 0.2) is 5.01 Å². The van der Waals surface area contributed by atoms with Crippen molar-refractivity contribution in [3.8, 4) is 10.7 Å². The molecule has 0 saturated heterocycles. The summed E-state index contributed by atoms with van der Waals surface area (Å²) in [5.74, 6) is 0. The quantitative estimate of drug-likeness (QED) is 0.763. The third-order valence-corrected chi connectivity index (χ3v) is 3.86. The maximum atomic E-state index is 5.90.